The van der Waals surface area contributed by atoms with Crippen LogP contribution in [0.15, 0.2) is 48.5 Å². The van der Waals surface area contributed by atoms with E-state index in [9.17, 15) is 0 Å². The second kappa shape index (κ2) is 6.34. The largest absolute Gasteiger partial charge is 0.389 e. The molecule has 0 atom stereocenters. The van der Waals surface area contributed by atoms with Crippen molar-refractivity contribution in [1.82, 2.24) is 0 Å². The van der Waals surface area contributed by atoms with Gasteiger partial charge in [-0.3, -0.25) is 0 Å². The van der Waals surface area contributed by atoms with Crippen LogP contribution >= 0.6 is 12.2 Å². The van der Waals surface area contributed by atoms with Crippen molar-refractivity contribution in [1.29, 1.82) is 0 Å². The van der Waals surface area contributed by atoms with Gasteiger partial charge in [0.15, 0.2) is 0 Å². The maximum atomic E-state index is 5.58. The maximum Gasteiger partial charge on any atom is 0.103 e. The van der Waals surface area contributed by atoms with Crippen molar-refractivity contribution in [3.8, 4) is 0 Å². The topological polar surface area (TPSA) is 38.0 Å². The van der Waals surface area contributed by atoms with E-state index in [0.29, 0.717) is 4.99 Å². The second-order valence-corrected chi connectivity index (χ2v) is 4.86. The van der Waals surface area contributed by atoms with Crippen LogP contribution in [0.1, 0.15) is 23.6 Å². The Kier molecular flexibility index (Phi) is 4.53. The van der Waals surface area contributed by atoms with E-state index >= 15 is 0 Å². The molecule has 0 aliphatic rings. The van der Waals surface area contributed by atoms with Gasteiger partial charge < -0.3 is 11.1 Å². The number of nitrogens with two attached hydrogens (primary N) is 1. The Morgan fingerprint density at radius 3 is 2.26 bits per heavy atom. The number of anilines is 1. The van der Waals surface area contributed by atoms with Crippen molar-refractivity contribution in [3.05, 3.63) is 65.2 Å². The molecule has 3 heteroatoms. The van der Waals surface area contributed by atoms with Crippen molar-refractivity contribution in [3.63, 3.8) is 0 Å². The molecule has 0 aliphatic carbocycles. The molecule has 2 aromatic rings. The Morgan fingerprint density at radius 2 is 1.68 bits per heavy atom. The number of hydrogen-bond donors (Lipinski definition) is 2. The number of aryl methyl sites for hydroxylation is 1. The number of nitrogens with one attached hydrogen (secondary N) is 1. The highest BCUT2D eigenvalue weighted by Crippen LogP contribution is 2.14. The zero-order chi connectivity index (χ0) is 13.7. The summed E-state index contributed by atoms with van der Waals surface area (Å²) >= 11 is 4.94. The van der Waals surface area contributed by atoms with E-state index in [1.807, 2.05) is 24.3 Å². The molecular formula is C16H18N2S. The van der Waals surface area contributed by atoms with Gasteiger partial charge in [0.1, 0.15) is 4.99 Å². The van der Waals surface area contributed by atoms with Crippen LogP contribution in [0.2, 0.25) is 0 Å². The van der Waals surface area contributed by atoms with Gasteiger partial charge in [0, 0.05) is 17.8 Å². The van der Waals surface area contributed by atoms with Crippen LogP contribution in [0.25, 0.3) is 0 Å². The van der Waals surface area contributed by atoms with Crippen LogP contribution in [-0.2, 0) is 13.0 Å². The van der Waals surface area contributed by atoms with Crippen LogP contribution in [0.4, 0.5) is 5.69 Å². The van der Waals surface area contributed by atoms with E-state index in [0.717, 1.165) is 24.2 Å². The van der Waals surface area contributed by atoms with Gasteiger partial charge in [-0.1, -0.05) is 43.4 Å². The fourth-order valence-corrected chi connectivity index (χ4v) is 2.16. The lowest BCUT2D eigenvalue weighted by Crippen LogP contribution is -2.09. The molecule has 0 radical (unpaired) electrons. The van der Waals surface area contributed by atoms with Crippen LogP contribution in [0, 0.1) is 0 Å². The summed E-state index contributed by atoms with van der Waals surface area (Å²) in [5, 5.41) is 3.42. The molecule has 0 aromatic heterocycles. The van der Waals surface area contributed by atoms with E-state index in [1.165, 1.54) is 11.1 Å². The summed E-state index contributed by atoms with van der Waals surface area (Å²) in [4.78, 5) is 0.433. The highest BCUT2D eigenvalue weighted by atomic mass is 32.1. The Balaban J connectivity index is 2.04. The third-order valence-electron chi connectivity index (χ3n) is 3.15. The number of benzene rings is 2. The van der Waals surface area contributed by atoms with Crippen LogP contribution in [0.5, 0.6) is 0 Å². The van der Waals surface area contributed by atoms with E-state index < -0.39 is 0 Å². The Labute approximate surface area is 119 Å². The number of thiocarbonyl (C=S) groups is 1. The van der Waals surface area contributed by atoms with Gasteiger partial charge in [-0.05, 0) is 41.8 Å². The first-order chi connectivity index (χ1) is 9.20. The summed E-state index contributed by atoms with van der Waals surface area (Å²) in [6.45, 7) is 3.01. The predicted molar refractivity (Wildman–Crippen MR) is 85.5 cm³/mol. The zero-order valence-corrected chi connectivity index (χ0v) is 11.8. The summed E-state index contributed by atoms with van der Waals surface area (Å²) in [5.41, 5.74) is 10.3. The molecule has 0 bridgehead atoms. The van der Waals surface area contributed by atoms with E-state index in [1.54, 1.807) is 0 Å². The van der Waals surface area contributed by atoms with Gasteiger partial charge in [0.2, 0.25) is 0 Å². The number of hydrogen-bond acceptors (Lipinski definition) is 2. The normalized spacial score (nSPS) is 10.2. The Bertz CT molecular complexity index is 561. The molecule has 0 unspecified atom stereocenters. The van der Waals surface area contributed by atoms with Crippen LogP contribution in [-0.4, -0.2) is 4.99 Å². The maximum absolute atomic E-state index is 5.58. The molecular weight excluding hydrogens is 252 g/mol. The summed E-state index contributed by atoms with van der Waals surface area (Å²) in [5.74, 6) is 0. The third-order valence-corrected chi connectivity index (χ3v) is 3.39. The molecule has 0 saturated heterocycles. The molecule has 2 rings (SSSR count). The van der Waals surface area contributed by atoms with E-state index in [2.05, 4.69) is 36.5 Å². The quantitative estimate of drug-likeness (QED) is 0.817. The minimum atomic E-state index is 0.433. The molecule has 0 aliphatic heterocycles. The minimum absolute atomic E-state index is 0.433. The van der Waals surface area contributed by atoms with Crippen molar-refractivity contribution in [2.24, 2.45) is 5.73 Å². The van der Waals surface area contributed by atoms with Gasteiger partial charge >= 0.3 is 0 Å². The molecule has 0 heterocycles. The highest BCUT2D eigenvalue weighted by Gasteiger charge is 2.00. The first kappa shape index (κ1) is 13.6. The van der Waals surface area contributed by atoms with E-state index in [4.69, 9.17) is 18.0 Å². The van der Waals surface area contributed by atoms with Crippen molar-refractivity contribution < 1.29 is 0 Å². The zero-order valence-electron chi connectivity index (χ0n) is 11.0. The van der Waals surface area contributed by atoms with Crippen molar-refractivity contribution in [2.45, 2.75) is 19.9 Å². The van der Waals surface area contributed by atoms with Crippen molar-refractivity contribution >= 4 is 22.9 Å². The average Bonchev–Trinajstić information content (AvgIpc) is 2.45. The molecule has 0 fully saturated rings. The van der Waals surface area contributed by atoms with Gasteiger partial charge in [-0.15, -0.1) is 0 Å². The molecule has 3 N–H and O–H groups in total. The van der Waals surface area contributed by atoms with Crippen LogP contribution < -0.4 is 11.1 Å². The summed E-state index contributed by atoms with van der Waals surface area (Å²) in [6.07, 6.45) is 1.05. The Hall–Kier alpha value is -1.87. The molecule has 0 saturated carbocycles. The van der Waals surface area contributed by atoms with Gasteiger partial charge in [0.05, 0.1) is 0 Å². The SMILES string of the molecule is CCc1ccccc1CNc1ccc(C(N)=S)cc1. The highest BCUT2D eigenvalue weighted by molar-refractivity contribution is 7.80. The smallest absolute Gasteiger partial charge is 0.103 e. The summed E-state index contributed by atoms with van der Waals surface area (Å²) < 4.78 is 0. The minimum Gasteiger partial charge on any atom is -0.389 e. The lowest BCUT2D eigenvalue weighted by atomic mass is 10.1. The molecule has 19 heavy (non-hydrogen) atoms. The first-order valence-corrected chi connectivity index (χ1v) is 6.82. The van der Waals surface area contributed by atoms with Crippen molar-refractivity contribution in [2.75, 3.05) is 5.32 Å². The average molecular weight is 270 g/mol. The lowest BCUT2D eigenvalue weighted by molar-refractivity contribution is 1.04. The second-order valence-electron chi connectivity index (χ2n) is 4.42. The fraction of sp³-hybridized carbons (Fsp3) is 0.188. The summed E-state index contributed by atoms with van der Waals surface area (Å²) in [6, 6.07) is 16.4. The monoisotopic (exact) mass is 270 g/mol. The molecule has 2 aromatic carbocycles. The Morgan fingerprint density at radius 1 is 1.05 bits per heavy atom. The third kappa shape index (κ3) is 3.55. The van der Waals surface area contributed by atoms with Gasteiger partial charge in [0.25, 0.3) is 0 Å². The molecule has 0 amide bonds. The van der Waals surface area contributed by atoms with Crippen LogP contribution in [0.3, 0.4) is 0 Å². The first-order valence-electron chi connectivity index (χ1n) is 6.41. The van der Waals surface area contributed by atoms with E-state index in [-0.39, 0.29) is 0 Å². The van der Waals surface area contributed by atoms with Gasteiger partial charge in [-0.2, -0.15) is 0 Å². The molecule has 0 spiro atoms. The standard InChI is InChI=1S/C16H18N2S/c1-2-12-5-3-4-6-14(12)11-18-15-9-7-13(8-10-15)16(17)19/h3-10,18H,2,11H2,1H3,(H2,17,19). The lowest BCUT2D eigenvalue weighted by Gasteiger charge is -2.10. The summed E-state index contributed by atoms with van der Waals surface area (Å²) in [7, 11) is 0. The molecule has 98 valence electrons. The molecule has 2 nitrogen and oxygen atoms in total. The fourth-order valence-electron chi connectivity index (χ4n) is 2.02. The number of rotatable bonds is 5. The van der Waals surface area contributed by atoms with Gasteiger partial charge in [-0.25, -0.2) is 0 Å². The predicted octanol–water partition coefficient (Wildman–Crippen LogP) is 3.50.